The summed E-state index contributed by atoms with van der Waals surface area (Å²) < 4.78 is 1.90. The lowest BCUT2D eigenvalue weighted by Crippen LogP contribution is -2.36. The van der Waals surface area contributed by atoms with E-state index in [9.17, 15) is 0 Å². The summed E-state index contributed by atoms with van der Waals surface area (Å²) in [5, 5.41) is 7.77. The first kappa shape index (κ1) is 11.6. The normalized spacial score (nSPS) is 24.4. The molecular formula is C13H23N3. The average molecular weight is 221 g/mol. The van der Waals surface area contributed by atoms with E-state index in [-0.39, 0.29) is 0 Å². The van der Waals surface area contributed by atoms with Gasteiger partial charge >= 0.3 is 0 Å². The van der Waals surface area contributed by atoms with Crippen molar-refractivity contribution in [2.45, 2.75) is 32.6 Å². The molecule has 0 aromatic carbocycles. The van der Waals surface area contributed by atoms with Crippen molar-refractivity contribution in [1.29, 1.82) is 0 Å². The van der Waals surface area contributed by atoms with E-state index in [1.807, 2.05) is 17.9 Å². The Morgan fingerprint density at radius 1 is 1.44 bits per heavy atom. The molecule has 1 aliphatic rings. The fourth-order valence-electron chi connectivity index (χ4n) is 2.52. The predicted molar refractivity (Wildman–Crippen MR) is 66.3 cm³/mol. The van der Waals surface area contributed by atoms with Crippen molar-refractivity contribution < 1.29 is 0 Å². The van der Waals surface area contributed by atoms with Crippen molar-refractivity contribution in [3.05, 3.63) is 18.0 Å². The van der Waals surface area contributed by atoms with Gasteiger partial charge < -0.3 is 5.32 Å². The first-order chi connectivity index (χ1) is 7.79. The van der Waals surface area contributed by atoms with Gasteiger partial charge in [-0.1, -0.05) is 6.92 Å². The second kappa shape index (κ2) is 5.48. The van der Waals surface area contributed by atoms with Crippen LogP contribution in [0.2, 0.25) is 0 Å². The molecule has 1 aliphatic carbocycles. The van der Waals surface area contributed by atoms with Crippen LogP contribution in [0.25, 0.3) is 0 Å². The Kier molecular flexibility index (Phi) is 3.99. The largest absolute Gasteiger partial charge is 0.316 e. The first-order valence-electron chi connectivity index (χ1n) is 6.48. The maximum atomic E-state index is 4.23. The predicted octanol–water partition coefficient (Wildman–Crippen LogP) is 1.99. The number of nitrogens with zero attached hydrogens (tertiary/aromatic N) is 2. The minimum absolute atomic E-state index is 0.883. The van der Waals surface area contributed by atoms with Crippen molar-refractivity contribution in [3.8, 4) is 0 Å². The van der Waals surface area contributed by atoms with Gasteiger partial charge in [0.1, 0.15) is 0 Å². The van der Waals surface area contributed by atoms with Crippen LogP contribution >= 0.6 is 0 Å². The molecular weight excluding hydrogens is 198 g/mol. The second-order valence-corrected chi connectivity index (χ2v) is 5.03. The van der Waals surface area contributed by atoms with Crippen molar-refractivity contribution >= 4 is 0 Å². The summed E-state index contributed by atoms with van der Waals surface area (Å²) in [6, 6.07) is 0. The third-order valence-corrected chi connectivity index (χ3v) is 3.66. The van der Waals surface area contributed by atoms with E-state index in [0.29, 0.717) is 0 Å². The summed E-state index contributed by atoms with van der Waals surface area (Å²) in [6.07, 6.45) is 9.41. The monoisotopic (exact) mass is 221 g/mol. The molecule has 3 nitrogen and oxygen atoms in total. The van der Waals surface area contributed by atoms with Crippen molar-refractivity contribution in [2.75, 3.05) is 13.1 Å². The van der Waals surface area contributed by atoms with Gasteiger partial charge in [-0.05, 0) is 56.2 Å². The van der Waals surface area contributed by atoms with Crippen LogP contribution in [-0.2, 0) is 13.5 Å². The van der Waals surface area contributed by atoms with Gasteiger partial charge in [-0.3, -0.25) is 4.68 Å². The lowest BCUT2D eigenvalue weighted by molar-refractivity contribution is 0.171. The van der Waals surface area contributed by atoms with Crippen LogP contribution < -0.4 is 5.32 Å². The topological polar surface area (TPSA) is 29.9 Å². The Bertz CT molecular complexity index is 319. The SMILES string of the molecule is CCCNCC1CCC1Cc1cnn(C)c1. The van der Waals surface area contributed by atoms with E-state index in [1.165, 1.54) is 37.8 Å². The van der Waals surface area contributed by atoms with Crippen molar-refractivity contribution in [3.63, 3.8) is 0 Å². The molecule has 16 heavy (non-hydrogen) atoms. The first-order valence-corrected chi connectivity index (χ1v) is 6.48. The van der Waals surface area contributed by atoms with Gasteiger partial charge in [0, 0.05) is 13.2 Å². The second-order valence-electron chi connectivity index (χ2n) is 5.03. The summed E-state index contributed by atoms with van der Waals surface area (Å²) in [4.78, 5) is 0. The van der Waals surface area contributed by atoms with E-state index in [4.69, 9.17) is 0 Å². The highest BCUT2D eigenvalue weighted by Crippen LogP contribution is 2.36. The van der Waals surface area contributed by atoms with E-state index >= 15 is 0 Å². The molecule has 2 rings (SSSR count). The summed E-state index contributed by atoms with van der Waals surface area (Å²) in [5.74, 6) is 1.78. The Morgan fingerprint density at radius 2 is 2.25 bits per heavy atom. The highest BCUT2D eigenvalue weighted by atomic mass is 15.2. The molecule has 1 aromatic heterocycles. The summed E-state index contributed by atoms with van der Waals surface area (Å²) in [7, 11) is 1.99. The molecule has 0 bridgehead atoms. The number of aryl methyl sites for hydroxylation is 1. The van der Waals surface area contributed by atoms with Crippen LogP contribution in [0.5, 0.6) is 0 Å². The Balaban J connectivity index is 1.74. The van der Waals surface area contributed by atoms with Crippen LogP contribution in [-0.4, -0.2) is 22.9 Å². The van der Waals surface area contributed by atoms with Crippen molar-refractivity contribution in [2.24, 2.45) is 18.9 Å². The maximum absolute atomic E-state index is 4.23. The minimum Gasteiger partial charge on any atom is -0.316 e. The Labute approximate surface area is 98.2 Å². The smallest absolute Gasteiger partial charge is 0.0521 e. The number of hydrogen-bond donors (Lipinski definition) is 1. The Hall–Kier alpha value is -0.830. The van der Waals surface area contributed by atoms with Gasteiger partial charge in [0.05, 0.1) is 6.20 Å². The number of hydrogen-bond acceptors (Lipinski definition) is 2. The third kappa shape index (κ3) is 2.85. The molecule has 0 radical (unpaired) electrons. The summed E-state index contributed by atoms with van der Waals surface area (Å²) >= 11 is 0. The molecule has 90 valence electrons. The molecule has 2 unspecified atom stereocenters. The quantitative estimate of drug-likeness (QED) is 0.745. The summed E-state index contributed by atoms with van der Waals surface area (Å²) in [5.41, 5.74) is 1.40. The average Bonchev–Trinajstić information content (AvgIpc) is 2.66. The standard InChI is InChI=1S/C13H23N3/c1-3-6-14-9-13-5-4-12(13)7-11-8-15-16(2)10-11/h8,10,12-14H,3-7,9H2,1-2H3. The molecule has 3 heteroatoms. The molecule has 2 atom stereocenters. The van der Waals surface area contributed by atoms with E-state index in [2.05, 4.69) is 23.5 Å². The fraction of sp³-hybridized carbons (Fsp3) is 0.769. The molecule has 0 amide bonds. The van der Waals surface area contributed by atoms with Gasteiger partial charge in [-0.25, -0.2) is 0 Å². The third-order valence-electron chi connectivity index (χ3n) is 3.66. The zero-order chi connectivity index (χ0) is 11.4. The molecule has 1 aromatic rings. The van der Waals surface area contributed by atoms with Gasteiger partial charge in [0.2, 0.25) is 0 Å². The highest BCUT2D eigenvalue weighted by molar-refractivity contribution is 5.06. The van der Waals surface area contributed by atoms with Crippen LogP contribution in [0.15, 0.2) is 12.4 Å². The van der Waals surface area contributed by atoms with Gasteiger partial charge in [-0.15, -0.1) is 0 Å². The number of nitrogens with one attached hydrogen (secondary N) is 1. The maximum Gasteiger partial charge on any atom is 0.0521 e. The van der Waals surface area contributed by atoms with E-state index in [1.54, 1.807) is 0 Å². The highest BCUT2D eigenvalue weighted by Gasteiger charge is 2.30. The lowest BCUT2D eigenvalue weighted by Gasteiger charge is -2.36. The zero-order valence-electron chi connectivity index (χ0n) is 10.4. The minimum atomic E-state index is 0.883. The van der Waals surface area contributed by atoms with Gasteiger partial charge in [-0.2, -0.15) is 5.10 Å². The van der Waals surface area contributed by atoms with Crippen molar-refractivity contribution in [1.82, 2.24) is 15.1 Å². The molecule has 1 saturated carbocycles. The summed E-state index contributed by atoms with van der Waals surface area (Å²) in [6.45, 7) is 4.59. The molecule has 1 N–H and O–H groups in total. The van der Waals surface area contributed by atoms with E-state index in [0.717, 1.165) is 18.4 Å². The van der Waals surface area contributed by atoms with Crippen LogP contribution in [0.3, 0.4) is 0 Å². The Morgan fingerprint density at radius 3 is 2.81 bits per heavy atom. The lowest BCUT2D eigenvalue weighted by atomic mass is 9.71. The number of rotatable bonds is 6. The van der Waals surface area contributed by atoms with Gasteiger partial charge in [0.25, 0.3) is 0 Å². The van der Waals surface area contributed by atoms with Crippen LogP contribution in [0.4, 0.5) is 0 Å². The zero-order valence-corrected chi connectivity index (χ0v) is 10.4. The van der Waals surface area contributed by atoms with Gasteiger partial charge in [0.15, 0.2) is 0 Å². The molecule has 0 saturated heterocycles. The van der Waals surface area contributed by atoms with E-state index < -0.39 is 0 Å². The molecule has 1 heterocycles. The molecule has 0 aliphatic heterocycles. The molecule has 0 spiro atoms. The molecule has 1 fully saturated rings. The van der Waals surface area contributed by atoms with Crippen LogP contribution in [0.1, 0.15) is 31.7 Å². The number of aromatic nitrogens is 2. The van der Waals surface area contributed by atoms with Crippen LogP contribution in [0, 0.1) is 11.8 Å². The fourth-order valence-corrected chi connectivity index (χ4v) is 2.52.